The number of nitriles is 1. The van der Waals surface area contributed by atoms with Gasteiger partial charge in [0.2, 0.25) is 0 Å². The first-order chi connectivity index (χ1) is 10.3. The number of rotatable bonds is 7. The molecule has 0 aliphatic rings. The summed E-state index contributed by atoms with van der Waals surface area (Å²) < 4.78 is 5.80. The average molecular weight is 297 g/mol. The van der Waals surface area contributed by atoms with Crippen LogP contribution in [0.15, 0.2) is 53.4 Å². The molecule has 0 spiro atoms. The largest absolute Gasteiger partial charge is 0.492 e. The summed E-state index contributed by atoms with van der Waals surface area (Å²) in [6.07, 6.45) is 1.94. The highest BCUT2D eigenvalue weighted by Crippen LogP contribution is 2.29. The zero-order valence-electron chi connectivity index (χ0n) is 12.2. The SMILES string of the molecule is CCSc1cccc(OCCCc2ccccc2)c1C#N. The third-order valence-corrected chi connectivity index (χ3v) is 4.05. The van der Waals surface area contributed by atoms with Crippen molar-refractivity contribution < 1.29 is 4.74 Å². The van der Waals surface area contributed by atoms with E-state index in [9.17, 15) is 5.26 Å². The van der Waals surface area contributed by atoms with Crippen LogP contribution in [-0.2, 0) is 6.42 Å². The van der Waals surface area contributed by atoms with Gasteiger partial charge in [-0.3, -0.25) is 0 Å². The summed E-state index contributed by atoms with van der Waals surface area (Å²) in [5.74, 6) is 1.65. The first-order valence-electron chi connectivity index (χ1n) is 7.17. The molecular formula is C18H19NOS. The van der Waals surface area contributed by atoms with Gasteiger partial charge in [-0.05, 0) is 36.3 Å². The first kappa shape index (κ1) is 15.5. The Morgan fingerprint density at radius 2 is 1.90 bits per heavy atom. The monoisotopic (exact) mass is 297 g/mol. The summed E-state index contributed by atoms with van der Waals surface area (Å²) in [5.41, 5.74) is 1.97. The van der Waals surface area contributed by atoms with E-state index >= 15 is 0 Å². The van der Waals surface area contributed by atoms with Crippen molar-refractivity contribution in [3.63, 3.8) is 0 Å². The molecule has 0 unspecified atom stereocenters. The zero-order chi connectivity index (χ0) is 14.9. The third-order valence-electron chi connectivity index (χ3n) is 3.11. The molecule has 2 rings (SSSR count). The molecule has 0 fully saturated rings. The van der Waals surface area contributed by atoms with Crippen molar-refractivity contribution in [3.8, 4) is 11.8 Å². The summed E-state index contributed by atoms with van der Waals surface area (Å²) >= 11 is 1.67. The Balaban J connectivity index is 1.91. The molecule has 21 heavy (non-hydrogen) atoms. The van der Waals surface area contributed by atoms with Crippen LogP contribution >= 0.6 is 11.8 Å². The Kier molecular flexibility index (Phi) is 6.18. The van der Waals surface area contributed by atoms with Gasteiger partial charge in [0.05, 0.1) is 6.61 Å². The minimum atomic E-state index is 0.629. The van der Waals surface area contributed by atoms with E-state index in [1.807, 2.05) is 24.3 Å². The topological polar surface area (TPSA) is 33.0 Å². The van der Waals surface area contributed by atoms with Crippen LogP contribution in [0.3, 0.4) is 0 Å². The van der Waals surface area contributed by atoms with E-state index in [4.69, 9.17) is 4.74 Å². The molecule has 0 aromatic heterocycles. The molecule has 2 nitrogen and oxygen atoms in total. The molecule has 0 saturated carbocycles. The molecule has 0 radical (unpaired) electrons. The zero-order valence-corrected chi connectivity index (χ0v) is 13.0. The fourth-order valence-corrected chi connectivity index (χ4v) is 2.90. The van der Waals surface area contributed by atoms with Crippen LogP contribution in [0, 0.1) is 11.3 Å². The summed E-state index contributed by atoms with van der Waals surface area (Å²) in [4.78, 5) is 1.00. The third kappa shape index (κ3) is 4.54. The van der Waals surface area contributed by atoms with Crippen LogP contribution in [0.1, 0.15) is 24.5 Å². The highest BCUT2D eigenvalue weighted by molar-refractivity contribution is 7.99. The summed E-state index contributed by atoms with van der Waals surface area (Å²) in [5, 5.41) is 9.32. The number of nitrogens with zero attached hydrogens (tertiary/aromatic N) is 1. The molecular weight excluding hydrogens is 278 g/mol. The highest BCUT2D eigenvalue weighted by Gasteiger charge is 2.08. The summed E-state index contributed by atoms with van der Waals surface area (Å²) in [7, 11) is 0. The molecule has 0 amide bonds. The molecule has 0 aliphatic heterocycles. The van der Waals surface area contributed by atoms with Crippen LogP contribution in [0.25, 0.3) is 0 Å². The van der Waals surface area contributed by atoms with Gasteiger partial charge in [-0.25, -0.2) is 0 Å². The van der Waals surface area contributed by atoms with Crippen LogP contribution < -0.4 is 4.74 Å². The van der Waals surface area contributed by atoms with Crippen molar-refractivity contribution in [1.29, 1.82) is 5.26 Å². The molecule has 0 aliphatic carbocycles. The number of aryl methyl sites for hydroxylation is 1. The highest BCUT2D eigenvalue weighted by atomic mass is 32.2. The lowest BCUT2D eigenvalue weighted by Crippen LogP contribution is -2.01. The van der Waals surface area contributed by atoms with Gasteiger partial charge in [0.1, 0.15) is 17.4 Å². The van der Waals surface area contributed by atoms with E-state index in [1.165, 1.54) is 5.56 Å². The van der Waals surface area contributed by atoms with E-state index in [-0.39, 0.29) is 0 Å². The molecule has 0 heterocycles. The smallest absolute Gasteiger partial charge is 0.138 e. The molecule has 2 aromatic carbocycles. The second kappa shape index (κ2) is 8.39. The maximum atomic E-state index is 9.32. The van der Waals surface area contributed by atoms with Crippen molar-refractivity contribution in [2.24, 2.45) is 0 Å². The molecule has 2 aromatic rings. The number of ether oxygens (including phenoxy) is 1. The summed E-state index contributed by atoms with van der Waals surface area (Å²) in [6.45, 7) is 2.71. The van der Waals surface area contributed by atoms with Gasteiger partial charge in [0.25, 0.3) is 0 Å². The van der Waals surface area contributed by atoms with Gasteiger partial charge in [-0.2, -0.15) is 5.26 Å². The van der Waals surface area contributed by atoms with E-state index in [0.717, 1.165) is 23.5 Å². The lowest BCUT2D eigenvalue weighted by atomic mass is 10.1. The Morgan fingerprint density at radius 3 is 2.62 bits per heavy atom. The molecule has 0 atom stereocenters. The minimum absolute atomic E-state index is 0.629. The van der Waals surface area contributed by atoms with Gasteiger partial charge in [0.15, 0.2) is 0 Å². The van der Waals surface area contributed by atoms with E-state index < -0.39 is 0 Å². The lowest BCUT2D eigenvalue weighted by Gasteiger charge is -2.10. The maximum Gasteiger partial charge on any atom is 0.138 e. The van der Waals surface area contributed by atoms with Gasteiger partial charge >= 0.3 is 0 Å². The van der Waals surface area contributed by atoms with Gasteiger partial charge in [-0.1, -0.05) is 43.3 Å². The van der Waals surface area contributed by atoms with Crippen LogP contribution in [0.2, 0.25) is 0 Å². The van der Waals surface area contributed by atoms with Gasteiger partial charge in [0, 0.05) is 4.90 Å². The van der Waals surface area contributed by atoms with Crippen LogP contribution in [0.4, 0.5) is 0 Å². The predicted octanol–water partition coefficient (Wildman–Crippen LogP) is 4.68. The van der Waals surface area contributed by atoms with Crippen molar-refractivity contribution in [2.45, 2.75) is 24.7 Å². The Bertz CT molecular complexity index is 604. The van der Waals surface area contributed by atoms with Crippen molar-refractivity contribution >= 4 is 11.8 Å². The van der Waals surface area contributed by atoms with Crippen molar-refractivity contribution in [2.75, 3.05) is 12.4 Å². The standard InChI is InChI=1S/C18H19NOS/c1-2-21-18-12-6-11-17(16(18)14-19)20-13-7-10-15-8-4-3-5-9-15/h3-6,8-9,11-12H,2,7,10,13H2,1H3. The van der Waals surface area contributed by atoms with E-state index in [1.54, 1.807) is 11.8 Å². The molecule has 3 heteroatoms. The fraction of sp³-hybridized carbons (Fsp3) is 0.278. The second-order valence-electron chi connectivity index (χ2n) is 4.61. The minimum Gasteiger partial charge on any atom is -0.492 e. The Hall–Kier alpha value is -1.92. The molecule has 108 valence electrons. The first-order valence-corrected chi connectivity index (χ1v) is 8.16. The molecule has 0 N–H and O–H groups in total. The number of benzene rings is 2. The van der Waals surface area contributed by atoms with E-state index in [2.05, 4.69) is 37.3 Å². The van der Waals surface area contributed by atoms with Crippen molar-refractivity contribution in [3.05, 3.63) is 59.7 Å². The van der Waals surface area contributed by atoms with Gasteiger partial charge < -0.3 is 4.74 Å². The average Bonchev–Trinajstić information content (AvgIpc) is 2.53. The lowest BCUT2D eigenvalue weighted by molar-refractivity contribution is 0.309. The fourth-order valence-electron chi connectivity index (χ4n) is 2.12. The van der Waals surface area contributed by atoms with Gasteiger partial charge in [-0.15, -0.1) is 11.8 Å². The van der Waals surface area contributed by atoms with Crippen LogP contribution in [0.5, 0.6) is 5.75 Å². The number of hydrogen-bond donors (Lipinski definition) is 0. The predicted molar refractivity (Wildman–Crippen MR) is 87.8 cm³/mol. The quantitative estimate of drug-likeness (QED) is 0.549. The second-order valence-corrected chi connectivity index (χ2v) is 5.92. The van der Waals surface area contributed by atoms with Crippen LogP contribution in [-0.4, -0.2) is 12.4 Å². The number of thioether (sulfide) groups is 1. The molecule has 0 bridgehead atoms. The van der Waals surface area contributed by atoms with E-state index in [0.29, 0.717) is 17.9 Å². The summed E-state index contributed by atoms with van der Waals surface area (Å²) in [6, 6.07) is 18.4. The maximum absolute atomic E-state index is 9.32. The Morgan fingerprint density at radius 1 is 1.10 bits per heavy atom. The number of hydrogen-bond acceptors (Lipinski definition) is 3. The molecule has 0 saturated heterocycles. The Labute approximate surface area is 130 Å². The normalized spacial score (nSPS) is 10.1. The van der Waals surface area contributed by atoms with Crippen molar-refractivity contribution in [1.82, 2.24) is 0 Å².